The molecule has 0 amide bonds. The van der Waals surface area contributed by atoms with Gasteiger partial charge in [0.25, 0.3) is 0 Å². The molecule has 0 aromatic heterocycles. The molecule has 0 fully saturated rings. The molecule has 0 aliphatic carbocycles. The lowest BCUT2D eigenvalue weighted by molar-refractivity contribution is 0.413. The summed E-state index contributed by atoms with van der Waals surface area (Å²) in [5, 5.41) is 12.5. The predicted molar refractivity (Wildman–Crippen MR) is 88.7 cm³/mol. The maximum Gasteiger partial charge on any atom is 0.136 e. The highest BCUT2D eigenvalue weighted by Gasteiger charge is 2.07. The van der Waals surface area contributed by atoms with E-state index in [0.29, 0.717) is 17.9 Å². The van der Waals surface area contributed by atoms with Gasteiger partial charge in [-0.1, -0.05) is 12.1 Å². The Kier molecular flexibility index (Phi) is 4.87. The molecule has 2 rings (SSSR count). The van der Waals surface area contributed by atoms with Crippen molar-refractivity contribution >= 4 is 21.6 Å². The number of nitriles is 1. The lowest BCUT2D eigenvalue weighted by Crippen LogP contribution is -2.03. The number of rotatable bonds is 4. The summed E-state index contributed by atoms with van der Waals surface area (Å²) in [6.45, 7) is 4.81. The largest absolute Gasteiger partial charge is 0.495 e. The molecule has 2 aromatic carbocycles. The molecule has 1 N–H and O–H groups in total. The van der Waals surface area contributed by atoms with Crippen LogP contribution >= 0.6 is 15.9 Å². The van der Waals surface area contributed by atoms with Crippen LogP contribution in [-0.4, -0.2) is 7.11 Å². The number of hydrogen-bond acceptors (Lipinski definition) is 3. The van der Waals surface area contributed by atoms with Crippen LogP contribution in [0.15, 0.2) is 34.8 Å². The number of halogens is 1. The fraction of sp³-hybridized carbons (Fsp3) is 0.235. The van der Waals surface area contributed by atoms with Gasteiger partial charge in [0.15, 0.2) is 0 Å². The molecule has 0 saturated carbocycles. The fourth-order valence-electron chi connectivity index (χ4n) is 2.28. The van der Waals surface area contributed by atoms with Gasteiger partial charge in [0.2, 0.25) is 0 Å². The van der Waals surface area contributed by atoms with Gasteiger partial charge in [0.05, 0.1) is 18.4 Å². The van der Waals surface area contributed by atoms with Crippen LogP contribution in [-0.2, 0) is 6.54 Å². The fourth-order valence-corrected chi connectivity index (χ4v) is 3.10. The lowest BCUT2D eigenvalue weighted by atomic mass is 10.1. The topological polar surface area (TPSA) is 45.0 Å². The van der Waals surface area contributed by atoms with Crippen molar-refractivity contribution in [1.82, 2.24) is 0 Å². The Morgan fingerprint density at radius 3 is 2.62 bits per heavy atom. The Labute approximate surface area is 133 Å². The first-order chi connectivity index (χ1) is 10.0. The Morgan fingerprint density at radius 1 is 1.24 bits per heavy atom. The lowest BCUT2D eigenvalue weighted by Gasteiger charge is -2.13. The van der Waals surface area contributed by atoms with Crippen LogP contribution in [0.4, 0.5) is 5.69 Å². The first-order valence-electron chi connectivity index (χ1n) is 6.62. The first kappa shape index (κ1) is 15.4. The molecule has 4 heteroatoms. The van der Waals surface area contributed by atoms with Crippen LogP contribution in [0.2, 0.25) is 0 Å². The van der Waals surface area contributed by atoms with Gasteiger partial charge in [-0.15, -0.1) is 0 Å². The highest BCUT2D eigenvalue weighted by atomic mass is 79.9. The summed E-state index contributed by atoms with van der Waals surface area (Å²) in [7, 11) is 1.57. The molecule has 0 aliphatic rings. The molecule has 0 unspecified atom stereocenters. The summed E-state index contributed by atoms with van der Waals surface area (Å²) in [4.78, 5) is 0. The molecular formula is C17H17BrN2O. The molecule has 0 heterocycles. The number of ether oxygens (including phenoxy) is 1. The minimum atomic E-state index is 0.552. The van der Waals surface area contributed by atoms with Crippen molar-refractivity contribution in [3.63, 3.8) is 0 Å². The van der Waals surface area contributed by atoms with E-state index in [1.54, 1.807) is 7.11 Å². The van der Waals surface area contributed by atoms with Crippen molar-refractivity contribution in [2.75, 3.05) is 12.4 Å². The van der Waals surface area contributed by atoms with Crippen molar-refractivity contribution in [1.29, 1.82) is 5.26 Å². The summed E-state index contributed by atoms with van der Waals surface area (Å²) >= 11 is 3.59. The Morgan fingerprint density at radius 2 is 2.00 bits per heavy atom. The number of nitrogens with one attached hydrogen (secondary N) is 1. The van der Waals surface area contributed by atoms with Crippen LogP contribution < -0.4 is 10.1 Å². The molecule has 0 bridgehead atoms. The Balaban J connectivity index is 2.19. The minimum Gasteiger partial charge on any atom is -0.495 e. The van der Waals surface area contributed by atoms with E-state index < -0.39 is 0 Å². The third kappa shape index (κ3) is 3.56. The van der Waals surface area contributed by atoms with E-state index in [4.69, 9.17) is 10.00 Å². The number of benzene rings is 2. The molecule has 21 heavy (non-hydrogen) atoms. The summed E-state index contributed by atoms with van der Waals surface area (Å²) in [5.41, 5.74) is 5.09. The average Bonchev–Trinajstić information content (AvgIpc) is 2.45. The third-order valence-electron chi connectivity index (χ3n) is 3.29. The third-order valence-corrected chi connectivity index (χ3v) is 3.91. The van der Waals surface area contributed by atoms with Gasteiger partial charge in [-0.05, 0) is 64.7 Å². The maximum absolute atomic E-state index is 9.12. The second-order valence-electron chi connectivity index (χ2n) is 4.94. The molecule has 0 saturated heterocycles. The number of hydrogen-bond donors (Lipinski definition) is 1. The monoisotopic (exact) mass is 344 g/mol. The average molecular weight is 345 g/mol. The second kappa shape index (κ2) is 6.64. The molecular weight excluding hydrogens is 328 g/mol. The van der Waals surface area contributed by atoms with Crippen LogP contribution in [0, 0.1) is 25.2 Å². The van der Waals surface area contributed by atoms with E-state index in [9.17, 15) is 0 Å². The molecule has 3 nitrogen and oxygen atoms in total. The molecule has 108 valence electrons. The van der Waals surface area contributed by atoms with Gasteiger partial charge in [-0.25, -0.2) is 0 Å². The second-order valence-corrected chi connectivity index (χ2v) is 5.79. The predicted octanol–water partition coefficient (Wildman–Crippen LogP) is 4.56. The van der Waals surface area contributed by atoms with Gasteiger partial charge in [-0.3, -0.25) is 0 Å². The molecule has 2 aromatic rings. The number of anilines is 1. The van der Waals surface area contributed by atoms with E-state index in [-0.39, 0.29) is 0 Å². The zero-order valence-electron chi connectivity index (χ0n) is 12.3. The Bertz CT molecular complexity index is 681. The van der Waals surface area contributed by atoms with Crippen LogP contribution in [0.25, 0.3) is 0 Å². The first-order valence-corrected chi connectivity index (χ1v) is 7.42. The highest BCUT2D eigenvalue weighted by molar-refractivity contribution is 9.10. The van der Waals surface area contributed by atoms with E-state index in [1.807, 2.05) is 18.2 Å². The normalized spacial score (nSPS) is 10.0. The quantitative estimate of drug-likeness (QED) is 0.884. The SMILES string of the molecule is COc1ccc(CNc2c(C)cc(C)cc2Br)cc1C#N. The van der Waals surface area contributed by atoms with Crippen LogP contribution in [0.5, 0.6) is 5.75 Å². The van der Waals surface area contributed by atoms with Crippen molar-refractivity contribution in [3.05, 3.63) is 57.1 Å². The van der Waals surface area contributed by atoms with E-state index >= 15 is 0 Å². The Hall–Kier alpha value is -1.99. The maximum atomic E-state index is 9.12. The summed E-state index contributed by atoms with van der Waals surface area (Å²) in [6.07, 6.45) is 0. The van der Waals surface area contributed by atoms with Gasteiger partial charge in [-0.2, -0.15) is 5.26 Å². The number of nitrogens with zero attached hydrogens (tertiary/aromatic N) is 1. The van der Waals surface area contributed by atoms with Crippen LogP contribution in [0.1, 0.15) is 22.3 Å². The zero-order valence-corrected chi connectivity index (χ0v) is 13.9. The van der Waals surface area contributed by atoms with Crippen molar-refractivity contribution in [2.45, 2.75) is 20.4 Å². The van der Waals surface area contributed by atoms with E-state index in [1.165, 1.54) is 11.1 Å². The summed E-state index contributed by atoms with van der Waals surface area (Å²) < 4.78 is 6.20. The van der Waals surface area contributed by atoms with Gasteiger partial charge >= 0.3 is 0 Å². The number of methoxy groups -OCH3 is 1. The minimum absolute atomic E-state index is 0.552. The van der Waals surface area contributed by atoms with Crippen molar-refractivity contribution in [3.8, 4) is 11.8 Å². The van der Waals surface area contributed by atoms with E-state index in [2.05, 4.69) is 53.3 Å². The smallest absolute Gasteiger partial charge is 0.136 e. The standard InChI is InChI=1S/C17H17BrN2O/c1-11-6-12(2)17(15(18)7-11)20-10-13-4-5-16(21-3)14(8-13)9-19/h4-8,20H,10H2,1-3H3. The van der Waals surface area contributed by atoms with Gasteiger partial charge < -0.3 is 10.1 Å². The van der Waals surface area contributed by atoms with Gasteiger partial charge in [0.1, 0.15) is 11.8 Å². The zero-order chi connectivity index (χ0) is 15.4. The van der Waals surface area contributed by atoms with Crippen molar-refractivity contribution in [2.24, 2.45) is 0 Å². The highest BCUT2D eigenvalue weighted by Crippen LogP contribution is 2.28. The van der Waals surface area contributed by atoms with E-state index in [0.717, 1.165) is 15.7 Å². The summed E-state index contributed by atoms with van der Waals surface area (Å²) in [6, 6.07) is 12.0. The van der Waals surface area contributed by atoms with Crippen molar-refractivity contribution < 1.29 is 4.74 Å². The molecule has 0 radical (unpaired) electrons. The molecule has 0 atom stereocenters. The van der Waals surface area contributed by atoms with Gasteiger partial charge in [0, 0.05) is 11.0 Å². The molecule has 0 aliphatic heterocycles. The van der Waals surface area contributed by atoms with Crippen LogP contribution in [0.3, 0.4) is 0 Å². The number of aryl methyl sites for hydroxylation is 2. The summed E-state index contributed by atoms with van der Waals surface area (Å²) in [5.74, 6) is 0.606. The molecule has 0 spiro atoms.